The summed E-state index contributed by atoms with van der Waals surface area (Å²) in [6, 6.07) is 8.13. The first-order valence-electron chi connectivity index (χ1n) is 6.58. The van der Waals surface area contributed by atoms with Gasteiger partial charge in [-0.05, 0) is 31.0 Å². The minimum absolute atomic E-state index is 0.435. The van der Waals surface area contributed by atoms with Crippen LogP contribution in [0.25, 0.3) is 0 Å². The predicted octanol–water partition coefficient (Wildman–Crippen LogP) is 3.05. The topological polar surface area (TPSA) is 47.0 Å². The van der Waals surface area contributed by atoms with Crippen LogP contribution in [-0.4, -0.2) is 16.5 Å². The molecule has 0 atom stereocenters. The number of aromatic nitrogens is 2. The van der Waals surface area contributed by atoms with E-state index in [0.717, 1.165) is 30.2 Å². The molecule has 0 aliphatic rings. The van der Waals surface area contributed by atoms with Crippen LogP contribution in [0.3, 0.4) is 0 Å². The fourth-order valence-electron chi connectivity index (χ4n) is 1.68. The molecule has 0 aliphatic heterocycles. The molecule has 1 N–H and O–H groups in total. The predicted molar refractivity (Wildman–Crippen MR) is 76.3 cm³/mol. The van der Waals surface area contributed by atoms with Crippen LogP contribution in [0.1, 0.15) is 25.1 Å². The zero-order valence-electron chi connectivity index (χ0n) is 11.4. The molecule has 1 aromatic heterocycles. The molecule has 1 heterocycles. The first-order valence-corrected chi connectivity index (χ1v) is 6.58. The molecule has 2 rings (SSSR count). The Morgan fingerprint density at radius 2 is 1.84 bits per heavy atom. The van der Waals surface area contributed by atoms with Crippen LogP contribution in [0.15, 0.2) is 36.7 Å². The van der Waals surface area contributed by atoms with E-state index < -0.39 is 0 Å². The van der Waals surface area contributed by atoms with Crippen LogP contribution < -0.4 is 10.1 Å². The molecule has 4 nitrogen and oxygen atoms in total. The lowest BCUT2D eigenvalue weighted by atomic mass is 10.2. The molecule has 0 bridgehead atoms. The number of ether oxygens (including phenoxy) is 1. The molecule has 0 unspecified atom stereocenters. The monoisotopic (exact) mass is 257 g/mol. The third kappa shape index (κ3) is 3.95. The molecule has 0 fully saturated rings. The molecule has 4 heteroatoms. The number of hydrogen-bond acceptors (Lipinski definition) is 4. The van der Waals surface area contributed by atoms with Gasteiger partial charge in [-0.15, -0.1) is 0 Å². The van der Waals surface area contributed by atoms with Gasteiger partial charge in [0.25, 0.3) is 0 Å². The molecule has 2 aromatic rings. The standard InChI is InChI=1S/C15H19N3O/c1-3-12-5-7-14(8-6-12)19-11-13-9-18-15(10-17-13)16-4-2/h5-10H,3-4,11H2,1-2H3,(H,16,18). The van der Waals surface area contributed by atoms with Crippen LogP contribution in [0.4, 0.5) is 5.82 Å². The Morgan fingerprint density at radius 1 is 1.05 bits per heavy atom. The van der Waals surface area contributed by atoms with Gasteiger partial charge in [0.05, 0.1) is 18.1 Å². The number of benzene rings is 1. The molecular weight excluding hydrogens is 238 g/mol. The van der Waals surface area contributed by atoms with Crippen molar-refractivity contribution in [2.45, 2.75) is 26.9 Å². The normalized spacial score (nSPS) is 10.2. The van der Waals surface area contributed by atoms with Gasteiger partial charge >= 0.3 is 0 Å². The maximum absolute atomic E-state index is 5.67. The highest BCUT2D eigenvalue weighted by Crippen LogP contribution is 2.14. The van der Waals surface area contributed by atoms with Gasteiger partial charge in [-0.25, -0.2) is 4.98 Å². The molecule has 0 spiro atoms. The van der Waals surface area contributed by atoms with Crippen LogP contribution in [0, 0.1) is 0 Å². The summed E-state index contributed by atoms with van der Waals surface area (Å²) in [5.74, 6) is 1.65. The Balaban J connectivity index is 1.90. The lowest BCUT2D eigenvalue weighted by Crippen LogP contribution is -2.03. The zero-order valence-corrected chi connectivity index (χ0v) is 11.4. The number of anilines is 1. The smallest absolute Gasteiger partial charge is 0.144 e. The highest BCUT2D eigenvalue weighted by molar-refractivity contribution is 5.31. The molecule has 0 saturated carbocycles. The number of aryl methyl sites for hydroxylation is 1. The van der Waals surface area contributed by atoms with Gasteiger partial charge in [0.15, 0.2) is 0 Å². The second-order valence-corrected chi connectivity index (χ2v) is 4.21. The Labute approximate surface area is 113 Å². The first kappa shape index (κ1) is 13.3. The minimum atomic E-state index is 0.435. The zero-order chi connectivity index (χ0) is 13.5. The largest absolute Gasteiger partial charge is 0.487 e. The summed E-state index contributed by atoms with van der Waals surface area (Å²) < 4.78 is 5.67. The molecule has 1 aromatic carbocycles. The van der Waals surface area contributed by atoms with E-state index in [1.807, 2.05) is 19.1 Å². The van der Waals surface area contributed by atoms with Gasteiger partial charge in [-0.2, -0.15) is 0 Å². The third-order valence-electron chi connectivity index (χ3n) is 2.78. The average molecular weight is 257 g/mol. The van der Waals surface area contributed by atoms with E-state index in [-0.39, 0.29) is 0 Å². The van der Waals surface area contributed by atoms with Crippen molar-refractivity contribution in [1.29, 1.82) is 0 Å². The summed E-state index contributed by atoms with van der Waals surface area (Å²) in [6.07, 6.45) is 4.50. The molecule has 0 amide bonds. The van der Waals surface area contributed by atoms with Crippen LogP contribution >= 0.6 is 0 Å². The molecule has 19 heavy (non-hydrogen) atoms. The Bertz CT molecular complexity index is 494. The summed E-state index contributed by atoms with van der Waals surface area (Å²) in [4.78, 5) is 8.55. The van der Waals surface area contributed by atoms with Crippen LogP contribution in [0.2, 0.25) is 0 Å². The number of nitrogens with one attached hydrogen (secondary N) is 1. The molecule has 100 valence electrons. The lowest BCUT2D eigenvalue weighted by molar-refractivity contribution is 0.301. The summed E-state index contributed by atoms with van der Waals surface area (Å²) in [5, 5.41) is 3.11. The van der Waals surface area contributed by atoms with Gasteiger partial charge < -0.3 is 10.1 Å². The van der Waals surface area contributed by atoms with Crippen molar-refractivity contribution in [2.75, 3.05) is 11.9 Å². The Hall–Kier alpha value is -2.10. The van der Waals surface area contributed by atoms with Crippen molar-refractivity contribution < 1.29 is 4.74 Å². The number of nitrogens with zero attached hydrogens (tertiary/aromatic N) is 2. The van der Waals surface area contributed by atoms with E-state index in [0.29, 0.717) is 6.61 Å². The first-order chi connectivity index (χ1) is 9.31. The van der Waals surface area contributed by atoms with Crippen molar-refractivity contribution in [3.63, 3.8) is 0 Å². The fourth-order valence-corrected chi connectivity index (χ4v) is 1.68. The van der Waals surface area contributed by atoms with Gasteiger partial charge in [-0.3, -0.25) is 4.98 Å². The van der Waals surface area contributed by atoms with E-state index in [1.165, 1.54) is 5.56 Å². The highest BCUT2D eigenvalue weighted by Gasteiger charge is 1.99. The summed E-state index contributed by atoms with van der Waals surface area (Å²) >= 11 is 0. The molecule has 0 aliphatic carbocycles. The SMILES string of the molecule is CCNc1cnc(COc2ccc(CC)cc2)cn1. The van der Waals surface area contributed by atoms with Crippen molar-refractivity contribution in [1.82, 2.24) is 9.97 Å². The van der Waals surface area contributed by atoms with Crippen LogP contribution in [0.5, 0.6) is 5.75 Å². The number of hydrogen-bond donors (Lipinski definition) is 1. The van der Waals surface area contributed by atoms with Crippen molar-refractivity contribution in [2.24, 2.45) is 0 Å². The van der Waals surface area contributed by atoms with Gasteiger partial charge in [0.1, 0.15) is 18.2 Å². The van der Waals surface area contributed by atoms with Gasteiger partial charge in [0.2, 0.25) is 0 Å². The summed E-state index contributed by atoms with van der Waals surface area (Å²) in [6.45, 7) is 5.44. The fraction of sp³-hybridized carbons (Fsp3) is 0.333. The van der Waals surface area contributed by atoms with Crippen LogP contribution in [-0.2, 0) is 13.0 Å². The van der Waals surface area contributed by atoms with Crippen molar-refractivity contribution in [3.05, 3.63) is 47.9 Å². The Morgan fingerprint density at radius 3 is 2.42 bits per heavy atom. The van der Waals surface area contributed by atoms with E-state index >= 15 is 0 Å². The summed E-state index contributed by atoms with van der Waals surface area (Å²) in [5.41, 5.74) is 2.13. The molecule has 0 radical (unpaired) electrons. The minimum Gasteiger partial charge on any atom is -0.487 e. The van der Waals surface area contributed by atoms with Gasteiger partial charge in [0, 0.05) is 6.54 Å². The van der Waals surface area contributed by atoms with E-state index in [1.54, 1.807) is 12.4 Å². The second-order valence-electron chi connectivity index (χ2n) is 4.21. The Kier molecular flexibility index (Phi) is 4.72. The quantitative estimate of drug-likeness (QED) is 0.864. The molecular formula is C15H19N3O. The maximum Gasteiger partial charge on any atom is 0.144 e. The van der Waals surface area contributed by atoms with Crippen molar-refractivity contribution in [3.8, 4) is 5.75 Å². The van der Waals surface area contributed by atoms with Gasteiger partial charge in [-0.1, -0.05) is 19.1 Å². The maximum atomic E-state index is 5.67. The van der Waals surface area contributed by atoms with E-state index in [2.05, 4.69) is 34.3 Å². The second kappa shape index (κ2) is 6.73. The molecule has 0 saturated heterocycles. The average Bonchev–Trinajstić information content (AvgIpc) is 2.47. The van der Waals surface area contributed by atoms with Crippen molar-refractivity contribution >= 4 is 5.82 Å². The summed E-state index contributed by atoms with van der Waals surface area (Å²) in [7, 11) is 0. The number of rotatable bonds is 6. The van der Waals surface area contributed by atoms with E-state index in [4.69, 9.17) is 4.74 Å². The third-order valence-corrected chi connectivity index (χ3v) is 2.78. The highest BCUT2D eigenvalue weighted by atomic mass is 16.5. The van der Waals surface area contributed by atoms with E-state index in [9.17, 15) is 0 Å². The lowest BCUT2D eigenvalue weighted by Gasteiger charge is -2.07.